The van der Waals surface area contributed by atoms with E-state index >= 15 is 0 Å². The molecule has 30 heavy (non-hydrogen) atoms. The summed E-state index contributed by atoms with van der Waals surface area (Å²) in [4.78, 5) is 27.3. The molecule has 7 heteroatoms. The van der Waals surface area contributed by atoms with Crippen molar-refractivity contribution in [1.29, 1.82) is 0 Å². The van der Waals surface area contributed by atoms with Gasteiger partial charge in [0.25, 0.3) is 5.91 Å². The van der Waals surface area contributed by atoms with Crippen molar-refractivity contribution in [2.75, 3.05) is 6.61 Å². The first-order valence-corrected chi connectivity index (χ1v) is 11.1. The van der Waals surface area contributed by atoms with Crippen molar-refractivity contribution in [3.8, 4) is 5.75 Å². The fourth-order valence-corrected chi connectivity index (χ4v) is 3.48. The average Bonchev–Trinajstić information content (AvgIpc) is 2.71. The minimum atomic E-state index is -0.642. The fourth-order valence-electron chi connectivity index (χ4n) is 2.75. The monoisotopic (exact) mass is 494 g/mol. The molecule has 0 aliphatic heterocycles. The summed E-state index contributed by atoms with van der Waals surface area (Å²) in [6, 6.07) is 12.5. The first kappa shape index (κ1) is 24.2. The average molecular weight is 496 g/mol. The molecule has 0 radical (unpaired) electrons. The molecular weight excluding hydrogens is 468 g/mol. The molecule has 2 amide bonds. The van der Waals surface area contributed by atoms with Gasteiger partial charge < -0.3 is 15.0 Å². The predicted octanol–water partition coefficient (Wildman–Crippen LogP) is 5.12. The van der Waals surface area contributed by atoms with Crippen molar-refractivity contribution < 1.29 is 14.3 Å². The lowest BCUT2D eigenvalue weighted by Crippen LogP contribution is -2.50. The molecule has 0 aromatic heterocycles. The van der Waals surface area contributed by atoms with E-state index in [2.05, 4.69) is 21.2 Å². The SMILES string of the molecule is CC[C@@H](C)NC(=O)[C@@H](C)N(Cc1ccc(C)cc1)C(=O)COc1ccc(Br)cc1Cl. The minimum absolute atomic E-state index is 0.0362. The molecule has 0 aliphatic rings. The van der Waals surface area contributed by atoms with Crippen LogP contribution in [-0.2, 0) is 16.1 Å². The lowest BCUT2D eigenvalue weighted by molar-refractivity contribution is -0.142. The number of nitrogens with zero attached hydrogens (tertiary/aromatic N) is 1. The molecule has 0 aliphatic carbocycles. The molecule has 2 aromatic rings. The van der Waals surface area contributed by atoms with Crippen molar-refractivity contribution in [3.63, 3.8) is 0 Å². The fraction of sp³-hybridized carbons (Fsp3) is 0.391. The van der Waals surface area contributed by atoms with Gasteiger partial charge >= 0.3 is 0 Å². The van der Waals surface area contributed by atoms with Gasteiger partial charge in [0.1, 0.15) is 11.8 Å². The molecule has 0 saturated heterocycles. The van der Waals surface area contributed by atoms with Crippen molar-refractivity contribution in [2.24, 2.45) is 0 Å². The summed E-state index contributed by atoms with van der Waals surface area (Å²) in [5.74, 6) is -0.0620. The number of ether oxygens (including phenoxy) is 1. The van der Waals surface area contributed by atoms with Gasteiger partial charge in [-0.2, -0.15) is 0 Å². The zero-order valence-corrected chi connectivity index (χ0v) is 20.1. The Bertz CT molecular complexity index is 873. The van der Waals surface area contributed by atoms with Crippen LogP contribution in [0.4, 0.5) is 0 Å². The maximum atomic E-state index is 13.0. The Hall–Kier alpha value is -2.05. The second-order valence-electron chi connectivity index (χ2n) is 7.36. The Balaban J connectivity index is 2.16. The Morgan fingerprint density at radius 3 is 2.43 bits per heavy atom. The van der Waals surface area contributed by atoms with Crippen LogP contribution in [0, 0.1) is 6.92 Å². The second-order valence-corrected chi connectivity index (χ2v) is 8.69. The Labute approximate surface area is 191 Å². The summed E-state index contributed by atoms with van der Waals surface area (Å²) in [5, 5.41) is 3.36. The van der Waals surface area contributed by atoms with Crippen LogP contribution in [0.15, 0.2) is 46.9 Å². The van der Waals surface area contributed by atoms with Crippen LogP contribution in [0.5, 0.6) is 5.75 Å². The molecule has 0 spiro atoms. The lowest BCUT2D eigenvalue weighted by atomic mass is 10.1. The first-order chi connectivity index (χ1) is 14.2. The molecule has 0 heterocycles. The molecule has 0 saturated carbocycles. The number of aryl methyl sites for hydroxylation is 1. The predicted molar refractivity (Wildman–Crippen MR) is 124 cm³/mol. The van der Waals surface area contributed by atoms with Gasteiger partial charge in [-0.3, -0.25) is 9.59 Å². The van der Waals surface area contributed by atoms with Crippen molar-refractivity contribution in [2.45, 2.75) is 52.7 Å². The van der Waals surface area contributed by atoms with Crippen molar-refractivity contribution >= 4 is 39.3 Å². The second kappa shape index (κ2) is 11.4. The van der Waals surface area contributed by atoms with Gasteiger partial charge in [0, 0.05) is 17.1 Å². The van der Waals surface area contributed by atoms with E-state index in [1.54, 1.807) is 25.1 Å². The number of hydrogen-bond donors (Lipinski definition) is 1. The third kappa shape index (κ3) is 7.03. The molecular formula is C23H28BrClN2O3. The number of nitrogens with one attached hydrogen (secondary N) is 1. The molecule has 162 valence electrons. The lowest BCUT2D eigenvalue weighted by Gasteiger charge is -2.29. The van der Waals surface area contributed by atoms with Crippen LogP contribution < -0.4 is 10.1 Å². The van der Waals surface area contributed by atoms with E-state index in [-0.39, 0.29) is 24.5 Å². The molecule has 5 nitrogen and oxygen atoms in total. The Kier molecular flexibility index (Phi) is 9.18. The maximum absolute atomic E-state index is 13.0. The van der Waals surface area contributed by atoms with E-state index in [4.69, 9.17) is 16.3 Å². The maximum Gasteiger partial charge on any atom is 0.261 e. The van der Waals surface area contributed by atoms with Gasteiger partial charge in [0.05, 0.1) is 5.02 Å². The Morgan fingerprint density at radius 1 is 1.17 bits per heavy atom. The van der Waals surface area contributed by atoms with Crippen LogP contribution in [0.2, 0.25) is 5.02 Å². The molecule has 2 atom stereocenters. The van der Waals surface area contributed by atoms with Gasteiger partial charge in [-0.1, -0.05) is 64.3 Å². The number of amides is 2. The third-order valence-corrected chi connectivity index (χ3v) is 5.68. The highest BCUT2D eigenvalue weighted by atomic mass is 79.9. The smallest absolute Gasteiger partial charge is 0.261 e. The van der Waals surface area contributed by atoms with Crippen molar-refractivity contribution in [1.82, 2.24) is 10.2 Å². The van der Waals surface area contributed by atoms with E-state index in [0.29, 0.717) is 17.3 Å². The zero-order chi connectivity index (χ0) is 22.3. The summed E-state index contributed by atoms with van der Waals surface area (Å²) in [5.41, 5.74) is 2.08. The molecule has 0 fully saturated rings. The highest BCUT2D eigenvalue weighted by Crippen LogP contribution is 2.27. The third-order valence-electron chi connectivity index (χ3n) is 4.89. The number of halogens is 2. The molecule has 2 aromatic carbocycles. The van der Waals surface area contributed by atoms with Crippen molar-refractivity contribution in [3.05, 3.63) is 63.1 Å². The van der Waals surface area contributed by atoms with E-state index in [0.717, 1.165) is 22.0 Å². The van der Waals surface area contributed by atoms with Gasteiger partial charge in [-0.05, 0) is 51.0 Å². The van der Waals surface area contributed by atoms with E-state index in [1.807, 2.05) is 45.0 Å². The summed E-state index contributed by atoms with van der Waals surface area (Å²) < 4.78 is 6.47. The van der Waals surface area contributed by atoms with E-state index in [9.17, 15) is 9.59 Å². The highest BCUT2D eigenvalue weighted by molar-refractivity contribution is 9.10. The van der Waals surface area contributed by atoms with Crippen LogP contribution in [-0.4, -0.2) is 35.4 Å². The van der Waals surface area contributed by atoms with Gasteiger partial charge in [-0.25, -0.2) is 0 Å². The number of hydrogen-bond acceptors (Lipinski definition) is 3. The van der Waals surface area contributed by atoms with Gasteiger partial charge in [0.15, 0.2) is 6.61 Å². The first-order valence-electron chi connectivity index (χ1n) is 9.94. The summed E-state index contributed by atoms with van der Waals surface area (Å²) >= 11 is 9.52. The van der Waals surface area contributed by atoms with E-state index in [1.165, 1.54) is 4.90 Å². The number of rotatable bonds is 9. The molecule has 0 bridgehead atoms. The largest absolute Gasteiger partial charge is 0.482 e. The number of benzene rings is 2. The summed E-state index contributed by atoms with van der Waals surface area (Å²) in [6.07, 6.45) is 0.815. The van der Waals surface area contributed by atoms with Gasteiger partial charge in [0.2, 0.25) is 5.91 Å². The standard InChI is InChI=1S/C23H28BrClN2O3/c1-5-16(3)26-23(29)17(4)27(13-18-8-6-15(2)7-9-18)22(28)14-30-21-11-10-19(24)12-20(21)25/h6-12,16-17H,5,13-14H2,1-4H3,(H,26,29)/t16-,17-/m1/s1. The number of carbonyl (C=O) groups is 2. The topological polar surface area (TPSA) is 58.6 Å². The molecule has 0 unspecified atom stereocenters. The zero-order valence-electron chi connectivity index (χ0n) is 17.7. The summed E-state index contributed by atoms with van der Waals surface area (Å²) in [6.45, 7) is 7.77. The van der Waals surface area contributed by atoms with Gasteiger partial charge in [-0.15, -0.1) is 0 Å². The summed E-state index contributed by atoms with van der Waals surface area (Å²) in [7, 11) is 0. The quantitative estimate of drug-likeness (QED) is 0.525. The van der Waals surface area contributed by atoms with E-state index < -0.39 is 6.04 Å². The minimum Gasteiger partial charge on any atom is -0.482 e. The van der Waals surface area contributed by atoms with Crippen LogP contribution in [0.25, 0.3) is 0 Å². The van der Waals surface area contributed by atoms with Crippen LogP contribution >= 0.6 is 27.5 Å². The molecule has 2 rings (SSSR count). The number of carbonyl (C=O) groups excluding carboxylic acids is 2. The highest BCUT2D eigenvalue weighted by Gasteiger charge is 2.27. The molecule has 1 N–H and O–H groups in total. The van der Waals surface area contributed by atoms with Crippen LogP contribution in [0.1, 0.15) is 38.3 Å². The normalized spacial score (nSPS) is 12.7. The van der Waals surface area contributed by atoms with Crippen LogP contribution in [0.3, 0.4) is 0 Å². The Morgan fingerprint density at radius 2 is 1.83 bits per heavy atom.